The Kier molecular flexibility index (Phi) is 7.93. The minimum Gasteiger partial charge on any atom is -0.371 e. The van der Waals surface area contributed by atoms with E-state index in [0.717, 1.165) is 30.2 Å². The van der Waals surface area contributed by atoms with Gasteiger partial charge in [-0.15, -0.1) is 0 Å². The number of hydrogen-bond acceptors (Lipinski definition) is 5. The van der Waals surface area contributed by atoms with Crippen molar-refractivity contribution in [1.29, 1.82) is 0 Å². The number of hydrogen-bond donors (Lipinski definition) is 3. The van der Waals surface area contributed by atoms with Crippen LogP contribution in [0.4, 0.5) is 11.4 Å². The molecule has 7 nitrogen and oxygen atoms in total. The van der Waals surface area contributed by atoms with Crippen LogP contribution in [0, 0.1) is 0 Å². The van der Waals surface area contributed by atoms with Gasteiger partial charge in [0.25, 0.3) is 5.91 Å². The molecule has 2 aliphatic rings. The number of halogens is 1. The summed E-state index contributed by atoms with van der Waals surface area (Å²) in [4.78, 5) is 25.5. The lowest BCUT2D eigenvalue weighted by molar-refractivity contribution is -0.116. The Labute approximate surface area is 209 Å². The second kappa shape index (κ2) is 10.9. The maximum atomic E-state index is 12.8. The third-order valence-corrected chi connectivity index (χ3v) is 8.43. The maximum absolute atomic E-state index is 12.8. The van der Waals surface area contributed by atoms with Crippen LogP contribution in [0.1, 0.15) is 60.9 Å². The molecule has 1 heterocycles. The standard InChI is InChI=1S/C25H30BrN3O4S/c26-19-8-6-7-17(13-19)15-34(32,33)16-23-25(31)29-22-14-18(11-12-21(22)28-23)24(30)27-20-9-4-2-1-3-5-10-20/h6-8,11-14,20,23,28H,1-5,9-10,15-16H2,(H,27,30)(H,29,31)/t23-/m0/s1. The fourth-order valence-corrected chi connectivity index (χ4v) is 6.56. The lowest BCUT2D eigenvalue weighted by atomic mass is 9.96. The van der Waals surface area contributed by atoms with Crippen LogP contribution in [0.25, 0.3) is 0 Å². The molecule has 0 saturated heterocycles. The van der Waals surface area contributed by atoms with E-state index in [-0.39, 0.29) is 23.5 Å². The Morgan fingerprint density at radius 3 is 2.47 bits per heavy atom. The zero-order chi connectivity index (χ0) is 24.1. The summed E-state index contributed by atoms with van der Waals surface area (Å²) in [6.45, 7) is 0. The molecule has 182 valence electrons. The van der Waals surface area contributed by atoms with Crippen LogP contribution in [-0.2, 0) is 20.4 Å². The van der Waals surface area contributed by atoms with Crippen LogP contribution in [-0.4, -0.2) is 38.1 Å². The van der Waals surface area contributed by atoms with Gasteiger partial charge in [-0.1, -0.05) is 60.2 Å². The summed E-state index contributed by atoms with van der Waals surface area (Å²) >= 11 is 3.35. The number of fused-ring (bicyclic) bond motifs is 1. The average Bonchev–Trinajstić information content (AvgIpc) is 2.75. The van der Waals surface area contributed by atoms with Crippen molar-refractivity contribution in [3.05, 3.63) is 58.1 Å². The SMILES string of the molecule is O=C(NC1CCCCCCC1)c1ccc2c(c1)NC(=O)[C@H](CS(=O)(=O)Cc1cccc(Br)c1)N2. The van der Waals surface area contributed by atoms with E-state index in [1.807, 2.05) is 6.07 Å². The molecule has 0 spiro atoms. The van der Waals surface area contributed by atoms with Gasteiger partial charge in [0.2, 0.25) is 5.91 Å². The first-order valence-electron chi connectivity index (χ1n) is 11.8. The summed E-state index contributed by atoms with van der Waals surface area (Å²) in [6, 6.07) is 11.4. The van der Waals surface area contributed by atoms with Gasteiger partial charge < -0.3 is 16.0 Å². The molecule has 3 N–H and O–H groups in total. The van der Waals surface area contributed by atoms with Crippen LogP contribution in [0.2, 0.25) is 0 Å². The molecule has 2 aromatic carbocycles. The Bertz CT molecular complexity index is 1160. The predicted molar refractivity (Wildman–Crippen MR) is 138 cm³/mol. The number of nitrogens with one attached hydrogen (secondary N) is 3. The number of benzene rings is 2. The summed E-state index contributed by atoms with van der Waals surface area (Å²) in [5, 5.41) is 8.93. The van der Waals surface area contributed by atoms with E-state index in [1.165, 1.54) is 19.3 Å². The van der Waals surface area contributed by atoms with E-state index < -0.39 is 21.8 Å². The van der Waals surface area contributed by atoms with E-state index in [9.17, 15) is 18.0 Å². The van der Waals surface area contributed by atoms with E-state index in [1.54, 1.807) is 36.4 Å². The fraction of sp³-hybridized carbons (Fsp3) is 0.440. The van der Waals surface area contributed by atoms with Gasteiger partial charge in [0.05, 0.1) is 22.9 Å². The molecule has 2 amide bonds. The van der Waals surface area contributed by atoms with Gasteiger partial charge in [0, 0.05) is 16.1 Å². The third-order valence-electron chi connectivity index (χ3n) is 6.32. The number of carbonyl (C=O) groups is 2. The minimum absolute atomic E-state index is 0.148. The Hall–Kier alpha value is -2.39. The number of sulfone groups is 1. The molecular weight excluding hydrogens is 518 g/mol. The molecule has 1 fully saturated rings. The van der Waals surface area contributed by atoms with Gasteiger partial charge >= 0.3 is 0 Å². The van der Waals surface area contributed by atoms with Crippen LogP contribution in [0.15, 0.2) is 46.9 Å². The number of carbonyl (C=O) groups excluding carboxylic acids is 2. The van der Waals surface area contributed by atoms with Crippen molar-refractivity contribution in [2.45, 2.75) is 62.8 Å². The van der Waals surface area contributed by atoms with Gasteiger partial charge in [-0.2, -0.15) is 0 Å². The van der Waals surface area contributed by atoms with Crippen LogP contribution in [0.5, 0.6) is 0 Å². The zero-order valence-corrected chi connectivity index (χ0v) is 21.4. The van der Waals surface area contributed by atoms with Crippen LogP contribution in [0.3, 0.4) is 0 Å². The van der Waals surface area contributed by atoms with Crippen molar-refractivity contribution >= 4 is 49.0 Å². The van der Waals surface area contributed by atoms with Gasteiger partial charge in [0.1, 0.15) is 6.04 Å². The molecule has 1 atom stereocenters. The topological polar surface area (TPSA) is 104 Å². The molecule has 1 saturated carbocycles. The largest absolute Gasteiger partial charge is 0.371 e. The molecule has 4 rings (SSSR count). The van der Waals surface area contributed by atoms with Crippen LogP contribution >= 0.6 is 15.9 Å². The van der Waals surface area contributed by atoms with Crippen molar-refractivity contribution in [2.75, 3.05) is 16.4 Å². The van der Waals surface area contributed by atoms with Crippen LogP contribution < -0.4 is 16.0 Å². The lowest BCUT2D eigenvalue weighted by Crippen LogP contribution is -2.43. The van der Waals surface area contributed by atoms with Gasteiger partial charge in [-0.25, -0.2) is 8.42 Å². The average molecular weight is 549 g/mol. The van der Waals surface area contributed by atoms with E-state index >= 15 is 0 Å². The monoisotopic (exact) mass is 547 g/mol. The highest BCUT2D eigenvalue weighted by Crippen LogP contribution is 2.29. The molecule has 9 heteroatoms. The Morgan fingerprint density at radius 1 is 1.00 bits per heavy atom. The summed E-state index contributed by atoms with van der Waals surface area (Å²) < 4.78 is 26.3. The summed E-state index contributed by atoms with van der Waals surface area (Å²) in [7, 11) is -3.54. The van der Waals surface area contributed by atoms with E-state index in [0.29, 0.717) is 22.5 Å². The molecule has 0 aromatic heterocycles. The molecule has 2 aromatic rings. The van der Waals surface area contributed by atoms with Crippen molar-refractivity contribution in [1.82, 2.24) is 5.32 Å². The summed E-state index contributed by atoms with van der Waals surface area (Å²) in [5.74, 6) is -1.05. The predicted octanol–water partition coefficient (Wildman–Crippen LogP) is 4.64. The fourth-order valence-electron chi connectivity index (χ4n) is 4.57. The lowest BCUT2D eigenvalue weighted by Gasteiger charge is -2.27. The first-order chi connectivity index (χ1) is 16.3. The van der Waals surface area contributed by atoms with Crippen molar-refractivity contribution in [2.24, 2.45) is 0 Å². The van der Waals surface area contributed by atoms with Crippen molar-refractivity contribution < 1.29 is 18.0 Å². The summed E-state index contributed by atoms with van der Waals surface area (Å²) in [5.41, 5.74) is 2.22. The zero-order valence-electron chi connectivity index (χ0n) is 19.0. The molecule has 1 aliphatic carbocycles. The Balaban J connectivity index is 1.40. The number of amides is 2. The second-order valence-corrected chi connectivity index (χ2v) is 12.2. The molecule has 34 heavy (non-hydrogen) atoms. The minimum atomic E-state index is -3.54. The normalized spacial score (nSPS) is 19.2. The first-order valence-corrected chi connectivity index (χ1v) is 14.4. The second-order valence-electron chi connectivity index (χ2n) is 9.15. The molecule has 1 aliphatic heterocycles. The first kappa shape index (κ1) is 24.7. The highest BCUT2D eigenvalue weighted by atomic mass is 79.9. The quantitative estimate of drug-likeness (QED) is 0.488. The highest BCUT2D eigenvalue weighted by Gasteiger charge is 2.31. The van der Waals surface area contributed by atoms with Crippen molar-refractivity contribution in [3.63, 3.8) is 0 Å². The van der Waals surface area contributed by atoms with E-state index in [4.69, 9.17) is 0 Å². The van der Waals surface area contributed by atoms with E-state index in [2.05, 4.69) is 31.9 Å². The number of rotatable bonds is 6. The maximum Gasteiger partial charge on any atom is 0.251 e. The van der Waals surface area contributed by atoms with Gasteiger partial charge in [-0.3, -0.25) is 9.59 Å². The van der Waals surface area contributed by atoms with Gasteiger partial charge in [-0.05, 0) is 48.7 Å². The smallest absolute Gasteiger partial charge is 0.251 e. The molecule has 0 unspecified atom stereocenters. The van der Waals surface area contributed by atoms with Crippen molar-refractivity contribution in [3.8, 4) is 0 Å². The van der Waals surface area contributed by atoms with Gasteiger partial charge in [0.15, 0.2) is 9.84 Å². The Morgan fingerprint density at radius 2 is 1.74 bits per heavy atom. The highest BCUT2D eigenvalue weighted by molar-refractivity contribution is 9.10. The third kappa shape index (κ3) is 6.60. The number of anilines is 2. The summed E-state index contributed by atoms with van der Waals surface area (Å²) in [6.07, 6.45) is 7.92. The molecule has 0 radical (unpaired) electrons. The molecular formula is C25H30BrN3O4S. The molecule has 0 bridgehead atoms.